The van der Waals surface area contributed by atoms with Crippen molar-refractivity contribution in [2.75, 3.05) is 11.9 Å². The molecule has 0 aliphatic carbocycles. The Bertz CT molecular complexity index is 928. The summed E-state index contributed by atoms with van der Waals surface area (Å²) in [5.74, 6) is 2.27. The Morgan fingerprint density at radius 1 is 1.04 bits per heavy atom. The molecule has 0 bridgehead atoms. The minimum Gasteiger partial charge on any atom is -0.439 e. The molecule has 0 radical (unpaired) electrons. The molecule has 3 rings (SSSR count). The molecule has 0 atom stereocenters. The summed E-state index contributed by atoms with van der Waals surface area (Å²) in [6, 6.07) is 9.57. The minimum atomic E-state index is 0.577. The van der Waals surface area contributed by atoms with Crippen LogP contribution >= 0.6 is 11.6 Å². The molecule has 1 N–H and O–H groups in total. The van der Waals surface area contributed by atoms with Gasteiger partial charge in [0.15, 0.2) is 0 Å². The number of anilines is 1. The Hall–Kier alpha value is -2.66. The fourth-order valence-corrected chi connectivity index (χ4v) is 3.20. The number of aromatic nitrogens is 3. The third-order valence-electron chi connectivity index (χ3n) is 4.65. The molecule has 5 nitrogen and oxygen atoms in total. The monoisotopic (exact) mass is 396 g/mol. The molecule has 1 aromatic carbocycles. The highest BCUT2D eigenvalue weighted by atomic mass is 35.5. The number of ether oxygens (including phenoxy) is 1. The van der Waals surface area contributed by atoms with Gasteiger partial charge in [-0.2, -0.15) is 0 Å². The third-order valence-corrected chi connectivity index (χ3v) is 4.88. The van der Waals surface area contributed by atoms with Crippen molar-refractivity contribution in [3.8, 4) is 11.6 Å². The molecule has 0 aliphatic heterocycles. The fraction of sp³-hybridized carbons (Fsp3) is 0.318. The van der Waals surface area contributed by atoms with Crippen molar-refractivity contribution >= 4 is 17.4 Å². The van der Waals surface area contributed by atoms with Crippen LogP contribution in [-0.2, 0) is 19.3 Å². The van der Waals surface area contributed by atoms with Gasteiger partial charge in [0.1, 0.15) is 17.9 Å². The Morgan fingerprint density at radius 3 is 2.61 bits per heavy atom. The summed E-state index contributed by atoms with van der Waals surface area (Å²) in [5, 5.41) is 4.10. The highest BCUT2D eigenvalue weighted by Gasteiger charge is 2.07. The normalized spacial score (nSPS) is 10.7. The van der Waals surface area contributed by atoms with E-state index in [0.717, 1.165) is 59.8 Å². The summed E-state index contributed by atoms with van der Waals surface area (Å²) >= 11 is 6.05. The number of aryl methyl sites for hydroxylation is 2. The zero-order valence-corrected chi connectivity index (χ0v) is 17.3. The second-order valence-corrected chi connectivity index (χ2v) is 6.97. The van der Waals surface area contributed by atoms with Crippen LogP contribution in [0.5, 0.6) is 11.6 Å². The summed E-state index contributed by atoms with van der Waals surface area (Å²) in [6.45, 7) is 7.00. The van der Waals surface area contributed by atoms with Crippen LogP contribution < -0.4 is 10.1 Å². The van der Waals surface area contributed by atoms with Crippen molar-refractivity contribution < 1.29 is 4.74 Å². The van der Waals surface area contributed by atoms with Crippen molar-refractivity contribution in [2.24, 2.45) is 0 Å². The molecule has 0 saturated carbocycles. The summed E-state index contributed by atoms with van der Waals surface area (Å²) in [7, 11) is 0. The Kier molecular flexibility index (Phi) is 6.82. The Morgan fingerprint density at radius 2 is 1.89 bits per heavy atom. The first kappa shape index (κ1) is 20.1. The van der Waals surface area contributed by atoms with E-state index in [1.165, 1.54) is 0 Å². The van der Waals surface area contributed by atoms with E-state index in [-0.39, 0.29) is 0 Å². The molecule has 0 fully saturated rings. The maximum absolute atomic E-state index is 6.05. The van der Waals surface area contributed by atoms with Crippen molar-refractivity contribution in [3.63, 3.8) is 0 Å². The van der Waals surface area contributed by atoms with Crippen LogP contribution in [0.25, 0.3) is 0 Å². The summed E-state index contributed by atoms with van der Waals surface area (Å²) in [6.07, 6.45) is 6.06. The van der Waals surface area contributed by atoms with Crippen LogP contribution in [0.1, 0.15) is 36.2 Å². The minimum absolute atomic E-state index is 0.577. The van der Waals surface area contributed by atoms with E-state index in [2.05, 4.69) is 41.0 Å². The molecular formula is C22H25ClN4O. The van der Waals surface area contributed by atoms with E-state index in [0.29, 0.717) is 10.9 Å². The Balaban J connectivity index is 1.58. The fourth-order valence-electron chi connectivity index (χ4n) is 3.00. The standard InChI is InChI=1S/C22H25ClN4O/c1-4-17-12-18(23)7-8-20(17)28-21-9-6-16(13-25-21)10-11-24-22-15(3)19(5-2)26-14-27-22/h6-9,12-14H,4-5,10-11H2,1-3H3,(H,24,26,27). The highest BCUT2D eigenvalue weighted by molar-refractivity contribution is 6.30. The average Bonchev–Trinajstić information content (AvgIpc) is 2.72. The van der Waals surface area contributed by atoms with Gasteiger partial charge in [0.05, 0.1) is 0 Å². The van der Waals surface area contributed by atoms with Crippen molar-refractivity contribution in [2.45, 2.75) is 40.0 Å². The number of pyridine rings is 1. The van der Waals surface area contributed by atoms with E-state index < -0.39 is 0 Å². The van der Waals surface area contributed by atoms with Gasteiger partial charge in [-0.1, -0.05) is 31.5 Å². The van der Waals surface area contributed by atoms with E-state index >= 15 is 0 Å². The molecule has 2 heterocycles. The molecule has 146 valence electrons. The zero-order chi connectivity index (χ0) is 19.9. The van der Waals surface area contributed by atoms with Gasteiger partial charge in [0, 0.05) is 35.1 Å². The van der Waals surface area contributed by atoms with Gasteiger partial charge in [-0.3, -0.25) is 0 Å². The van der Waals surface area contributed by atoms with Crippen LogP contribution in [0.2, 0.25) is 5.02 Å². The molecular weight excluding hydrogens is 372 g/mol. The maximum atomic E-state index is 6.05. The Labute approximate surface area is 171 Å². The van der Waals surface area contributed by atoms with Gasteiger partial charge < -0.3 is 10.1 Å². The van der Waals surface area contributed by atoms with Crippen LogP contribution in [0.15, 0.2) is 42.9 Å². The smallest absolute Gasteiger partial charge is 0.219 e. The van der Waals surface area contributed by atoms with Crippen molar-refractivity contribution in [1.82, 2.24) is 15.0 Å². The zero-order valence-electron chi connectivity index (χ0n) is 16.5. The predicted octanol–water partition coefficient (Wildman–Crippen LogP) is 5.41. The van der Waals surface area contributed by atoms with Crippen LogP contribution in [0.3, 0.4) is 0 Å². The number of nitrogens with one attached hydrogen (secondary N) is 1. The lowest BCUT2D eigenvalue weighted by Crippen LogP contribution is -2.09. The van der Waals surface area contributed by atoms with Gasteiger partial charge >= 0.3 is 0 Å². The van der Waals surface area contributed by atoms with Gasteiger partial charge in [0.2, 0.25) is 5.88 Å². The first-order valence-electron chi connectivity index (χ1n) is 9.56. The van der Waals surface area contributed by atoms with Gasteiger partial charge in [-0.15, -0.1) is 0 Å². The van der Waals surface area contributed by atoms with Gasteiger partial charge in [-0.25, -0.2) is 15.0 Å². The molecule has 0 saturated heterocycles. The highest BCUT2D eigenvalue weighted by Crippen LogP contribution is 2.27. The number of hydrogen-bond acceptors (Lipinski definition) is 5. The number of benzene rings is 1. The molecule has 0 amide bonds. The maximum Gasteiger partial charge on any atom is 0.219 e. The lowest BCUT2D eigenvalue weighted by Gasteiger charge is -2.11. The molecule has 2 aromatic heterocycles. The average molecular weight is 397 g/mol. The second kappa shape index (κ2) is 9.51. The molecule has 6 heteroatoms. The topological polar surface area (TPSA) is 59.9 Å². The SMILES string of the molecule is CCc1cc(Cl)ccc1Oc1ccc(CCNc2ncnc(CC)c2C)cn1. The predicted molar refractivity (Wildman–Crippen MR) is 113 cm³/mol. The quantitative estimate of drug-likeness (QED) is 0.552. The van der Waals surface area contributed by atoms with Gasteiger partial charge in [-0.05, 0) is 55.5 Å². The molecule has 0 unspecified atom stereocenters. The van der Waals surface area contributed by atoms with Crippen LogP contribution in [0.4, 0.5) is 5.82 Å². The third kappa shape index (κ3) is 4.98. The lowest BCUT2D eigenvalue weighted by atomic mass is 10.1. The van der Waals surface area contributed by atoms with E-state index in [1.807, 2.05) is 36.5 Å². The molecule has 0 spiro atoms. The van der Waals surface area contributed by atoms with E-state index in [9.17, 15) is 0 Å². The van der Waals surface area contributed by atoms with Crippen molar-refractivity contribution in [3.05, 3.63) is 70.3 Å². The summed E-state index contributed by atoms with van der Waals surface area (Å²) in [4.78, 5) is 13.1. The number of nitrogens with zero attached hydrogens (tertiary/aromatic N) is 3. The van der Waals surface area contributed by atoms with E-state index in [4.69, 9.17) is 16.3 Å². The first-order chi connectivity index (χ1) is 13.6. The number of rotatable bonds is 8. The van der Waals surface area contributed by atoms with Crippen LogP contribution in [0, 0.1) is 6.92 Å². The number of hydrogen-bond donors (Lipinski definition) is 1. The summed E-state index contributed by atoms with van der Waals surface area (Å²) in [5.41, 5.74) is 4.39. The molecule has 28 heavy (non-hydrogen) atoms. The first-order valence-corrected chi connectivity index (χ1v) is 9.94. The summed E-state index contributed by atoms with van der Waals surface area (Å²) < 4.78 is 5.92. The largest absolute Gasteiger partial charge is 0.439 e. The molecule has 3 aromatic rings. The van der Waals surface area contributed by atoms with Gasteiger partial charge in [0.25, 0.3) is 0 Å². The van der Waals surface area contributed by atoms with E-state index in [1.54, 1.807) is 6.33 Å². The number of halogens is 1. The lowest BCUT2D eigenvalue weighted by molar-refractivity contribution is 0.457. The van der Waals surface area contributed by atoms with Crippen LogP contribution in [-0.4, -0.2) is 21.5 Å². The van der Waals surface area contributed by atoms with Crippen molar-refractivity contribution in [1.29, 1.82) is 0 Å². The molecule has 0 aliphatic rings. The second-order valence-electron chi connectivity index (χ2n) is 6.54.